The molecule has 0 saturated heterocycles. The van der Waals surface area contributed by atoms with E-state index in [-0.39, 0.29) is 11.6 Å². The molecule has 0 saturated carbocycles. The zero-order valence-electron chi connectivity index (χ0n) is 12.3. The van der Waals surface area contributed by atoms with E-state index in [9.17, 15) is 4.79 Å². The number of carbonyl (C=O) groups excluding carboxylic acids is 1. The summed E-state index contributed by atoms with van der Waals surface area (Å²) in [5, 5.41) is 6.19. The number of rotatable bonds is 5. The third kappa shape index (κ3) is 10.1. The minimum Gasteiger partial charge on any atom is -0.444 e. The average Bonchev–Trinajstić information content (AvgIpc) is 1.96. The highest BCUT2D eigenvalue weighted by molar-refractivity contribution is 5.68. The van der Waals surface area contributed by atoms with Gasteiger partial charge in [0.15, 0.2) is 0 Å². The van der Waals surface area contributed by atoms with Gasteiger partial charge in [0.1, 0.15) is 5.60 Å². The summed E-state index contributed by atoms with van der Waals surface area (Å²) in [7, 11) is 0. The second-order valence-corrected chi connectivity index (χ2v) is 6.54. The van der Waals surface area contributed by atoms with E-state index in [0.29, 0.717) is 5.92 Å². The molecule has 0 aromatic heterocycles. The first-order valence-electron chi connectivity index (χ1n) is 6.24. The van der Waals surface area contributed by atoms with Crippen LogP contribution in [0.25, 0.3) is 0 Å². The molecule has 0 aliphatic carbocycles. The lowest BCUT2D eigenvalue weighted by Crippen LogP contribution is -2.52. The lowest BCUT2D eigenvalue weighted by atomic mass is 10.1. The van der Waals surface area contributed by atoms with Gasteiger partial charge in [-0.15, -0.1) is 0 Å². The molecule has 102 valence electrons. The van der Waals surface area contributed by atoms with Crippen molar-refractivity contribution in [3.63, 3.8) is 0 Å². The summed E-state index contributed by atoms with van der Waals surface area (Å²) >= 11 is 0. The first-order valence-corrected chi connectivity index (χ1v) is 6.24. The number of carbonyl (C=O) groups is 1. The van der Waals surface area contributed by atoms with Crippen molar-refractivity contribution in [3.8, 4) is 0 Å². The van der Waals surface area contributed by atoms with Crippen LogP contribution >= 0.6 is 0 Å². The average molecular weight is 244 g/mol. The molecule has 0 unspecified atom stereocenters. The molecule has 0 atom stereocenters. The van der Waals surface area contributed by atoms with Crippen LogP contribution in [0.5, 0.6) is 0 Å². The molecule has 0 radical (unpaired) electrons. The molecule has 0 aliphatic rings. The molecule has 0 aromatic carbocycles. The lowest BCUT2D eigenvalue weighted by Gasteiger charge is -2.29. The van der Waals surface area contributed by atoms with Crippen LogP contribution in [0.1, 0.15) is 48.5 Å². The van der Waals surface area contributed by atoms with Gasteiger partial charge >= 0.3 is 6.09 Å². The van der Waals surface area contributed by atoms with Gasteiger partial charge in [-0.1, -0.05) is 13.8 Å². The van der Waals surface area contributed by atoms with E-state index in [0.717, 1.165) is 13.1 Å². The molecule has 1 amide bonds. The Kier molecular flexibility index (Phi) is 5.96. The van der Waals surface area contributed by atoms with Crippen molar-refractivity contribution < 1.29 is 9.53 Å². The first-order chi connectivity index (χ1) is 7.52. The van der Waals surface area contributed by atoms with Crippen molar-refractivity contribution in [2.75, 3.05) is 13.1 Å². The summed E-state index contributed by atoms with van der Waals surface area (Å²) in [4.78, 5) is 11.6. The number of hydrogen-bond donors (Lipinski definition) is 2. The Hall–Kier alpha value is -0.770. The van der Waals surface area contributed by atoms with Gasteiger partial charge in [-0.05, 0) is 47.1 Å². The Morgan fingerprint density at radius 1 is 1.18 bits per heavy atom. The molecule has 0 aromatic rings. The van der Waals surface area contributed by atoms with Gasteiger partial charge in [0.05, 0.1) is 5.54 Å². The highest BCUT2D eigenvalue weighted by Gasteiger charge is 2.24. The van der Waals surface area contributed by atoms with Gasteiger partial charge in [-0.25, -0.2) is 4.79 Å². The van der Waals surface area contributed by atoms with E-state index >= 15 is 0 Å². The Labute approximate surface area is 105 Å². The van der Waals surface area contributed by atoms with E-state index in [4.69, 9.17) is 4.74 Å². The molecule has 0 rings (SSSR count). The van der Waals surface area contributed by atoms with Crippen LogP contribution in [0.2, 0.25) is 0 Å². The summed E-state index contributed by atoms with van der Waals surface area (Å²) in [6.45, 7) is 15.5. The number of amides is 1. The fourth-order valence-electron chi connectivity index (χ4n) is 1.30. The molecule has 2 N–H and O–H groups in total. The normalized spacial score (nSPS) is 12.7. The number of alkyl carbamates (subject to hydrolysis) is 1. The fraction of sp³-hybridized carbons (Fsp3) is 0.923. The molecule has 17 heavy (non-hydrogen) atoms. The maximum atomic E-state index is 11.6. The summed E-state index contributed by atoms with van der Waals surface area (Å²) in [5.74, 6) is 0.604. The van der Waals surface area contributed by atoms with Crippen LogP contribution in [0, 0.1) is 5.92 Å². The highest BCUT2D eigenvalue weighted by atomic mass is 16.6. The van der Waals surface area contributed by atoms with Crippen molar-refractivity contribution >= 4 is 6.09 Å². The van der Waals surface area contributed by atoms with Crippen LogP contribution in [-0.4, -0.2) is 30.3 Å². The summed E-state index contributed by atoms with van der Waals surface area (Å²) in [5.41, 5.74) is -0.761. The van der Waals surface area contributed by atoms with Gasteiger partial charge in [-0.2, -0.15) is 0 Å². The standard InChI is InChI=1S/C13H28N2O2/c1-10(2)8-14-9-13(6,7)15-11(16)17-12(3,4)5/h10,14H,8-9H2,1-7H3,(H,15,16). The van der Waals surface area contributed by atoms with Crippen molar-refractivity contribution in [1.29, 1.82) is 0 Å². The van der Waals surface area contributed by atoms with Crippen LogP contribution in [0.4, 0.5) is 4.79 Å². The molecule has 4 nitrogen and oxygen atoms in total. The van der Waals surface area contributed by atoms with E-state index in [1.165, 1.54) is 0 Å². The van der Waals surface area contributed by atoms with E-state index < -0.39 is 5.60 Å². The molecule has 4 heteroatoms. The monoisotopic (exact) mass is 244 g/mol. The lowest BCUT2D eigenvalue weighted by molar-refractivity contribution is 0.0472. The maximum absolute atomic E-state index is 11.6. The van der Waals surface area contributed by atoms with Crippen LogP contribution in [-0.2, 0) is 4.74 Å². The van der Waals surface area contributed by atoms with E-state index in [1.54, 1.807) is 0 Å². The Bertz CT molecular complexity index is 242. The van der Waals surface area contributed by atoms with Crippen molar-refractivity contribution in [2.24, 2.45) is 5.92 Å². The second kappa shape index (κ2) is 6.24. The van der Waals surface area contributed by atoms with Gasteiger partial charge in [0.2, 0.25) is 0 Å². The molecule has 0 spiro atoms. The number of nitrogens with one attached hydrogen (secondary N) is 2. The zero-order chi connectivity index (χ0) is 13.7. The SMILES string of the molecule is CC(C)CNCC(C)(C)NC(=O)OC(C)(C)C. The molecule has 0 aliphatic heterocycles. The van der Waals surface area contributed by atoms with E-state index in [2.05, 4.69) is 24.5 Å². The smallest absolute Gasteiger partial charge is 0.408 e. The van der Waals surface area contributed by atoms with Gasteiger partial charge in [0.25, 0.3) is 0 Å². The van der Waals surface area contributed by atoms with Crippen molar-refractivity contribution in [3.05, 3.63) is 0 Å². The van der Waals surface area contributed by atoms with Crippen LogP contribution in [0.3, 0.4) is 0 Å². The largest absolute Gasteiger partial charge is 0.444 e. The van der Waals surface area contributed by atoms with Gasteiger partial charge < -0.3 is 15.4 Å². The molecule has 0 heterocycles. The van der Waals surface area contributed by atoms with Crippen LogP contribution < -0.4 is 10.6 Å². The Morgan fingerprint density at radius 2 is 1.71 bits per heavy atom. The second-order valence-electron chi connectivity index (χ2n) is 6.54. The van der Waals surface area contributed by atoms with Crippen LogP contribution in [0.15, 0.2) is 0 Å². The molecular formula is C13H28N2O2. The summed E-state index contributed by atoms with van der Waals surface area (Å²) in [6.07, 6.45) is -0.367. The fourth-order valence-corrected chi connectivity index (χ4v) is 1.30. The molecule has 0 fully saturated rings. The maximum Gasteiger partial charge on any atom is 0.408 e. The summed E-state index contributed by atoms with van der Waals surface area (Å²) < 4.78 is 5.22. The molecule has 0 bridgehead atoms. The number of ether oxygens (including phenoxy) is 1. The Morgan fingerprint density at radius 3 is 2.12 bits per heavy atom. The molecular weight excluding hydrogens is 216 g/mol. The number of hydrogen-bond acceptors (Lipinski definition) is 3. The third-order valence-electron chi connectivity index (χ3n) is 1.96. The van der Waals surface area contributed by atoms with Crippen molar-refractivity contribution in [2.45, 2.75) is 59.6 Å². The predicted octanol–water partition coefficient (Wildman–Crippen LogP) is 2.54. The zero-order valence-corrected chi connectivity index (χ0v) is 12.3. The van der Waals surface area contributed by atoms with E-state index in [1.807, 2.05) is 34.6 Å². The predicted molar refractivity (Wildman–Crippen MR) is 71.2 cm³/mol. The van der Waals surface area contributed by atoms with Crippen molar-refractivity contribution in [1.82, 2.24) is 10.6 Å². The van der Waals surface area contributed by atoms with Gasteiger partial charge in [0, 0.05) is 6.54 Å². The van der Waals surface area contributed by atoms with Gasteiger partial charge in [-0.3, -0.25) is 0 Å². The quantitative estimate of drug-likeness (QED) is 0.781. The minimum atomic E-state index is -0.453. The summed E-state index contributed by atoms with van der Waals surface area (Å²) in [6, 6.07) is 0. The topological polar surface area (TPSA) is 50.4 Å². The third-order valence-corrected chi connectivity index (χ3v) is 1.96. The highest BCUT2D eigenvalue weighted by Crippen LogP contribution is 2.09. The Balaban J connectivity index is 4.03. The first kappa shape index (κ1) is 16.2. The minimum absolute atomic E-state index is 0.308.